The fourth-order valence-electron chi connectivity index (χ4n) is 11.1. The molecule has 11 rings (SSSR count). The molecular weight excluding hydrogens is 691 g/mol. The number of hydrogen-bond acceptors (Lipinski definition) is 3. The minimum Gasteiger partial charge on any atom is -0.350 e. The first-order chi connectivity index (χ1) is 28.0. The quantitative estimate of drug-likeness (QED) is 0.185. The third-order valence-corrected chi connectivity index (χ3v) is 14.0. The van der Waals surface area contributed by atoms with E-state index in [1.807, 2.05) is 0 Å². The van der Waals surface area contributed by atoms with Crippen LogP contribution in [0, 0.1) is 0 Å². The first-order valence-electron chi connectivity index (χ1n) is 21.1. The number of allylic oxidation sites excluding steroid dienone is 4. The molecule has 1 saturated carbocycles. The fraction of sp³-hybridized carbons (Fsp3) is 0.241. The maximum atomic E-state index is 5.37. The maximum Gasteiger partial charge on any atom is 0.131 e. The molecule has 0 amide bonds. The summed E-state index contributed by atoms with van der Waals surface area (Å²) in [5.74, 6) is 1.42. The van der Waals surface area contributed by atoms with E-state index in [9.17, 15) is 0 Å². The molecule has 1 aliphatic heterocycles. The molecule has 0 saturated heterocycles. The van der Waals surface area contributed by atoms with E-state index in [2.05, 4.69) is 182 Å². The van der Waals surface area contributed by atoms with Gasteiger partial charge >= 0.3 is 0 Å². The second-order valence-electron chi connectivity index (χ2n) is 17.4. The van der Waals surface area contributed by atoms with Gasteiger partial charge in [-0.2, -0.15) is 0 Å². The molecule has 6 aromatic rings. The summed E-state index contributed by atoms with van der Waals surface area (Å²) < 4.78 is 0. The van der Waals surface area contributed by atoms with Gasteiger partial charge in [0.15, 0.2) is 0 Å². The number of amidine groups is 1. The van der Waals surface area contributed by atoms with Gasteiger partial charge in [-0.25, -0.2) is 4.99 Å². The van der Waals surface area contributed by atoms with Gasteiger partial charge in [-0.05, 0) is 98.2 Å². The van der Waals surface area contributed by atoms with Crippen LogP contribution in [0.4, 0.5) is 0 Å². The number of rotatable bonds is 5. The fourth-order valence-corrected chi connectivity index (χ4v) is 11.1. The third-order valence-electron chi connectivity index (χ3n) is 14.0. The minimum atomic E-state index is -0.236. The molecule has 0 aromatic heterocycles. The standard InChI is InChI=1S/C54H49N3/c1-53(2)46-25-15-23-41(49(46)44-34-48-43(33-47(44)53)42-22-10-11-24-45(42)54(48)30-12-5-13-31-54)39-20-14-21-40(32-39)52-56-50(37-18-8-4-9-19-37)55-51(57-52)38-28-26-36(27-29-38)35-16-6-3-7-17-35/h3-4,6-11,14-21,23-29,32-34,42,50,52,56H,5,12-13,22,30-31H2,1-2H3,(H,55,57). The van der Waals surface area contributed by atoms with Crippen LogP contribution in [0.5, 0.6) is 0 Å². The van der Waals surface area contributed by atoms with Crippen molar-refractivity contribution in [2.24, 2.45) is 4.99 Å². The maximum absolute atomic E-state index is 5.37. The van der Waals surface area contributed by atoms with Gasteiger partial charge in [0.05, 0.1) is 0 Å². The topological polar surface area (TPSA) is 36.4 Å². The van der Waals surface area contributed by atoms with Gasteiger partial charge in [0.1, 0.15) is 18.2 Å². The molecule has 1 fully saturated rings. The van der Waals surface area contributed by atoms with Gasteiger partial charge in [0.25, 0.3) is 0 Å². The molecule has 1 spiro atoms. The number of nitrogens with zero attached hydrogens (tertiary/aromatic N) is 1. The van der Waals surface area contributed by atoms with Gasteiger partial charge in [-0.15, -0.1) is 0 Å². The van der Waals surface area contributed by atoms with E-state index in [0.29, 0.717) is 5.92 Å². The average Bonchev–Trinajstić information content (AvgIpc) is 3.67. The Kier molecular flexibility index (Phi) is 8.12. The van der Waals surface area contributed by atoms with Crippen molar-refractivity contribution in [1.29, 1.82) is 0 Å². The SMILES string of the molecule is CC1(C)c2cc3c(cc2-c2c(-c4cccc(C5N=C(c6ccc(-c7ccccc7)cc6)NC(c6ccccc6)N5)c4)cccc21)C1(CCCCC1)C1=CC=CCC13. The van der Waals surface area contributed by atoms with Crippen LogP contribution in [0.2, 0.25) is 0 Å². The van der Waals surface area contributed by atoms with Gasteiger partial charge in [-0.3, -0.25) is 5.32 Å². The summed E-state index contributed by atoms with van der Waals surface area (Å²) in [4.78, 5) is 5.37. The molecule has 6 aromatic carbocycles. The zero-order valence-electron chi connectivity index (χ0n) is 32.9. The summed E-state index contributed by atoms with van der Waals surface area (Å²) in [5, 5.41) is 7.60. The molecule has 3 atom stereocenters. The van der Waals surface area contributed by atoms with Gasteiger partial charge in [0, 0.05) is 22.3 Å². The summed E-state index contributed by atoms with van der Waals surface area (Å²) in [6.45, 7) is 4.89. The Morgan fingerprint density at radius 3 is 2.11 bits per heavy atom. The first-order valence-corrected chi connectivity index (χ1v) is 21.1. The van der Waals surface area contributed by atoms with E-state index in [-0.39, 0.29) is 23.2 Å². The molecule has 57 heavy (non-hydrogen) atoms. The van der Waals surface area contributed by atoms with E-state index < -0.39 is 0 Å². The van der Waals surface area contributed by atoms with Crippen LogP contribution >= 0.6 is 0 Å². The average molecular weight is 740 g/mol. The molecule has 280 valence electrons. The van der Waals surface area contributed by atoms with E-state index in [1.165, 1.54) is 82.2 Å². The highest BCUT2D eigenvalue weighted by molar-refractivity contribution is 6.00. The number of fused-ring (bicyclic) bond motifs is 8. The highest BCUT2D eigenvalue weighted by Gasteiger charge is 2.50. The van der Waals surface area contributed by atoms with Crippen LogP contribution in [-0.2, 0) is 10.8 Å². The molecule has 4 aliphatic carbocycles. The number of benzene rings is 6. The monoisotopic (exact) mass is 739 g/mol. The van der Waals surface area contributed by atoms with E-state index in [1.54, 1.807) is 16.7 Å². The third kappa shape index (κ3) is 5.54. The number of hydrogen-bond donors (Lipinski definition) is 2. The van der Waals surface area contributed by atoms with Crippen molar-refractivity contribution in [3.8, 4) is 33.4 Å². The van der Waals surface area contributed by atoms with Crippen molar-refractivity contribution in [3.05, 3.63) is 202 Å². The molecule has 3 nitrogen and oxygen atoms in total. The Hall–Kier alpha value is -5.77. The van der Waals surface area contributed by atoms with Crippen molar-refractivity contribution < 1.29 is 0 Å². The minimum absolute atomic E-state index is 0.0846. The number of aliphatic imine (C=N–C) groups is 1. The summed E-state index contributed by atoms with van der Waals surface area (Å²) in [5.41, 5.74) is 19.2. The Morgan fingerprint density at radius 1 is 0.596 bits per heavy atom. The molecular formula is C54H49N3. The lowest BCUT2D eigenvalue weighted by molar-refractivity contribution is 0.342. The van der Waals surface area contributed by atoms with Gasteiger partial charge < -0.3 is 5.32 Å². The highest BCUT2D eigenvalue weighted by atomic mass is 15.3. The van der Waals surface area contributed by atoms with Gasteiger partial charge in [0.2, 0.25) is 0 Å². The van der Waals surface area contributed by atoms with Crippen LogP contribution in [0.3, 0.4) is 0 Å². The molecule has 2 N–H and O–H groups in total. The van der Waals surface area contributed by atoms with Crippen molar-refractivity contribution in [2.45, 2.75) is 81.5 Å². The van der Waals surface area contributed by atoms with Crippen molar-refractivity contribution in [1.82, 2.24) is 10.6 Å². The zero-order valence-corrected chi connectivity index (χ0v) is 32.9. The summed E-state index contributed by atoms with van der Waals surface area (Å²) in [7, 11) is 0. The lowest BCUT2D eigenvalue weighted by atomic mass is 9.66. The molecule has 3 unspecified atom stereocenters. The van der Waals surface area contributed by atoms with Crippen LogP contribution in [-0.4, -0.2) is 5.84 Å². The Bertz CT molecular complexity index is 2600. The zero-order chi connectivity index (χ0) is 38.1. The molecule has 0 radical (unpaired) electrons. The molecule has 5 aliphatic rings. The normalized spacial score (nSPS) is 22.1. The van der Waals surface area contributed by atoms with Crippen LogP contribution in [0.15, 0.2) is 168 Å². The van der Waals surface area contributed by atoms with Crippen LogP contribution in [0.25, 0.3) is 33.4 Å². The Balaban J connectivity index is 1.00. The smallest absolute Gasteiger partial charge is 0.131 e. The Labute approximate surface area is 337 Å². The summed E-state index contributed by atoms with van der Waals surface area (Å²) >= 11 is 0. The Morgan fingerprint density at radius 2 is 1.30 bits per heavy atom. The molecule has 3 heteroatoms. The van der Waals surface area contributed by atoms with Gasteiger partial charge in [-0.1, -0.05) is 184 Å². The lowest BCUT2D eigenvalue weighted by Crippen LogP contribution is -2.44. The predicted molar refractivity (Wildman–Crippen MR) is 235 cm³/mol. The lowest BCUT2D eigenvalue weighted by Gasteiger charge is -2.38. The van der Waals surface area contributed by atoms with E-state index in [4.69, 9.17) is 4.99 Å². The highest BCUT2D eigenvalue weighted by Crippen LogP contribution is 2.62. The van der Waals surface area contributed by atoms with E-state index in [0.717, 1.165) is 23.4 Å². The second kappa shape index (κ2) is 13.4. The van der Waals surface area contributed by atoms with Crippen molar-refractivity contribution >= 4 is 5.84 Å². The second-order valence-corrected chi connectivity index (χ2v) is 17.4. The number of nitrogens with one attached hydrogen (secondary N) is 2. The molecule has 1 heterocycles. The van der Waals surface area contributed by atoms with Crippen molar-refractivity contribution in [2.75, 3.05) is 0 Å². The molecule has 0 bridgehead atoms. The van der Waals surface area contributed by atoms with Crippen LogP contribution < -0.4 is 10.6 Å². The first kappa shape index (κ1) is 34.5. The van der Waals surface area contributed by atoms with Crippen LogP contribution in [0.1, 0.15) is 110 Å². The predicted octanol–water partition coefficient (Wildman–Crippen LogP) is 12.8. The van der Waals surface area contributed by atoms with E-state index >= 15 is 0 Å². The van der Waals surface area contributed by atoms with Crippen molar-refractivity contribution in [3.63, 3.8) is 0 Å². The summed E-state index contributed by atoms with van der Waals surface area (Å²) in [6.07, 6.45) is 14.6. The largest absolute Gasteiger partial charge is 0.350 e. The summed E-state index contributed by atoms with van der Waals surface area (Å²) in [6, 6.07) is 51.5.